The number of anilines is 1. The van der Waals surface area contributed by atoms with E-state index in [1.165, 1.54) is 0 Å². The summed E-state index contributed by atoms with van der Waals surface area (Å²) in [6.45, 7) is 4.22. The minimum atomic E-state index is -0.102. The molecular weight excluding hydrogens is 330 g/mol. The first-order chi connectivity index (χ1) is 12.6. The molecule has 3 rings (SSSR count). The average Bonchev–Trinajstić information content (AvgIpc) is 3.15. The zero-order valence-electron chi connectivity index (χ0n) is 15.7. The van der Waals surface area contributed by atoms with Gasteiger partial charge in [-0.1, -0.05) is 0 Å². The highest BCUT2D eigenvalue weighted by atomic mass is 16.5. The molecule has 1 fully saturated rings. The molecule has 7 nitrogen and oxygen atoms in total. The summed E-state index contributed by atoms with van der Waals surface area (Å²) in [5.41, 5.74) is 2.53. The smallest absolute Gasteiger partial charge is 0.254 e. The Hall–Kier alpha value is -2.41. The molecule has 140 valence electrons. The van der Waals surface area contributed by atoms with Gasteiger partial charge in [-0.15, -0.1) is 0 Å². The topological polar surface area (TPSA) is 72.3 Å². The molecule has 0 radical (unpaired) electrons. The van der Waals surface area contributed by atoms with Crippen LogP contribution in [0.15, 0.2) is 30.9 Å². The molecule has 2 atom stereocenters. The van der Waals surface area contributed by atoms with Gasteiger partial charge in [0.05, 0.1) is 23.6 Å². The first-order valence-electron chi connectivity index (χ1n) is 9.13. The van der Waals surface area contributed by atoms with Gasteiger partial charge in [-0.3, -0.25) is 14.5 Å². The first-order valence-corrected chi connectivity index (χ1v) is 9.13. The number of amides is 1. The van der Waals surface area contributed by atoms with Crippen molar-refractivity contribution in [2.24, 2.45) is 5.92 Å². The number of rotatable bonds is 6. The van der Waals surface area contributed by atoms with Gasteiger partial charge in [-0.2, -0.15) is 5.10 Å². The highest BCUT2D eigenvalue weighted by Gasteiger charge is 2.29. The standard InChI is InChI=1S/C19H27N5O2/c1-4-24-13-15(11-22-24)18-14(6-5-9-26-18)10-21-19(25)16-12-20-8-7-17(16)23(2)3/h7-8,11-14,18H,4-6,9-10H2,1-3H3,(H,21,25)/t14-,18+/m0/s1. The number of nitrogens with zero attached hydrogens (tertiary/aromatic N) is 4. The maximum absolute atomic E-state index is 12.7. The molecule has 0 unspecified atom stereocenters. The molecule has 0 spiro atoms. The van der Waals surface area contributed by atoms with Crippen molar-refractivity contribution in [2.45, 2.75) is 32.4 Å². The zero-order valence-corrected chi connectivity index (χ0v) is 15.7. The number of ether oxygens (including phenoxy) is 1. The average molecular weight is 357 g/mol. The lowest BCUT2D eigenvalue weighted by molar-refractivity contribution is -0.0273. The third kappa shape index (κ3) is 4.04. The third-order valence-corrected chi connectivity index (χ3v) is 4.80. The molecule has 1 aliphatic heterocycles. The van der Waals surface area contributed by atoms with Crippen LogP contribution in [-0.2, 0) is 11.3 Å². The van der Waals surface area contributed by atoms with Crippen LogP contribution in [-0.4, -0.2) is 47.9 Å². The van der Waals surface area contributed by atoms with Gasteiger partial charge in [0, 0.05) is 63.9 Å². The second-order valence-electron chi connectivity index (χ2n) is 6.82. The molecule has 0 aliphatic carbocycles. The van der Waals surface area contributed by atoms with Gasteiger partial charge >= 0.3 is 0 Å². The van der Waals surface area contributed by atoms with E-state index in [1.54, 1.807) is 12.4 Å². The molecule has 2 aromatic heterocycles. The molecular formula is C19H27N5O2. The molecule has 0 bridgehead atoms. The van der Waals surface area contributed by atoms with Crippen molar-refractivity contribution in [1.82, 2.24) is 20.1 Å². The Morgan fingerprint density at radius 1 is 1.42 bits per heavy atom. The van der Waals surface area contributed by atoms with Crippen molar-refractivity contribution in [1.29, 1.82) is 0 Å². The van der Waals surface area contributed by atoms with Gasteiger partial charge in [0.25, 0.3) is 5.91 Å². The van der Waals surface area contributed by atoms with Gasteiger partial charge < -0.3 is 15.0 Å². The Kier molecular flexibility index (Phi) is 5.88. The summed E-state index contributed by atoms with van der Waals surface area (Å²) in [5.74, 6) is 0.136. The van der Waals surface area contributed by atoms with Crippen molar-refractivity contribution >= 4 is 11.6 Å². The Bertz CT molecular complexity index is 743. The third-order valence-electron chi connectivity index (χ3n) is 4.80. The van der Waals surface area contributed by atoms with Crippen molar-refractivity contribution in [2.75, 3.05) is 32.1 Å². The lowest BCUT2D eigenvalue weighted by atomic mass is 9.90. The van der Waals surface area contributed by atoms with E-state index in [-0.39, 0.29) is 17.9 Å². The highest BCUT2D eigenvalue weighted by Crippen LogP contribution is 2.33. The summed E-state index contributed by atoms with van der Waals surface area (Å²) < 4.78 is 7.91. The lowest BCUT2D eigenvalue weighted by Gasteiger charge is -2.31. The number of hydrogen-bond acceptors (Lipinski definition) is 5. The van der Waals surface area contributed by atoms with Gasteiger partial charge in [-0.05, 0) is 25.8 Å². The number of aromatic nitrogens is 3. The fourth-order valence-corrected chi connectivity index (χ4v) is 3.39. The van der Waals surface area contributed by atoms with Crippen molar-refractivity contribution in [3.8, 4) is 0 Å². The minimum absolute atomic E-state index is 0.0217. The van der Waals surface area contributed by atoms with E-state index < -0.39 is 0 Å². The second kappa shape index (κ2) is 8.31. The fourth-order valence-electron chi connectivity index (χ4n) is 3.39. The quantitative estimate of drug-likeness (QED) is 0.859. The van der Waals surface area contributed by atoms with E-state index in [1.807, 2.05) is 42.1 Å². The molecule has 1 saturated heterocycles. The number of nitrogens with one attached hydrogen (secondary N) is 1. The molecule has 3 heterocycles. The Labute approximate surface area is 154 Å². The molecule has 1 N–H and O–H groups in total. The zero-order chi connectivity index (χ0) is 18.5. The second-order valence-corrected chi connectivity index (χ2v) is 6.82. The largest absolute Gasteiger partial charge is 0.377 e. The van der Waals surface area contributed by atoms with Crippen LogP contribution in [0.25, 0.3) is 0 Å². The van der Waals surface area contributed by atoms with Crippen LogP contribution in [0.3, 0.4) is 0 Å². The first kappa shape index (κ1) is 18.4. The van der Waals surface area contributed by atoms with E-state index in [4.69, 9.17) is 4.74 Å². The van der Waals surface area contributed by atoms with Crippen LogP contribution < -0.4 is 10.2 Å². The van der Waals surface area contributed by atoms with Crippen LogP contribution in [0.4, 0.5) is 5.69 Å². The van der Waals surface area contributed by atoms with Crippen LogP contribution in [0, 0.1) is 5.92 Å². The number of pyridine rings is 1. The van der Waals surface area contributed by atoms with Gasteiger partial charge in [-0.25, -0.2) is 0 Å². The molecule has 1 aliphatic rings. The summed E-state index contributed by atoms with van der Waals surface area (Å²) >= 11 is 0. The maximum Gasteiger partial charge on any atom is 0.254 e. The van der Waals surface area contributed by atoms with Crippen LogP contribution >= 0.6 is 0 Å². The SMILES string of the molecule is CCn1cc([C@@H]2OCCC[C@H]2CNC(=O)c2cnccc2N(C)C)cn1. The predicted molar refractivity (Wildman–Crippen MR) is 100 cm³/mol. The highest BCUT2D eigenvalue weighted by molar-refractivity contribution is 5.99. The Morgan fingerprint density at radius 3 is 3.00 bits per heavy atom. The summed E-state index contributed by atoms with van der Waals surface area (Å²) in [6.07, 6.45) is 9.24. The van der Waals surface area contributed by atoms with Crippen molar-refractivity contribution in [3.63, 3.8) is 0 Å². The fraction of sp³-hybridized carbons (Fsp3) is 0.526. The van der Waals surface area contributed by atoms with Gasteiger partial charge in [0.15, 0.2) is 0 Å². The minimum Gasteiger partial charge on any atom is -0.377 e. The van der Waals surface area contributed by atoms with Gasteiger partial charge in [0.1, 0.15) is 0 Å². The molecule has 2 aromatic rings. The van der Waals surface area contributed by atoms with E-state index in [2.05, 4.69) is 22.3 Å². The van der Waals surface area contributed by atoms with E-state index >= 15 is 0 Å². The Balaban J connectivity index is 1.68. The Morgan fingerprint density at radius 2 is 2.27 bits per heavy atom. The van der Waals surface area contributed by atoms with Crippen LogP contribution in [0.1, 0.15) is 41.8 Å². The normalized spacial score (nSPS) is 20.0. The monoisotopic (exact) mass is 357 g/mol. The number of hydrogen-bond donors (Lipinski definition) is 1. The summed E-state index contributed by atoms with van der Waals surface area (Å²) in [4.78, 5) is 18.7. The molecule has 1 amide bonds. The molecule has 0 saturated carbocycles. The summed E-state index contributed by atoms with van der Waals surface area (Å²) in [5, 5.41) is 7.43. The van der Waals surface area contributed by atoms with E-state index in [0.717, 1.165) is 37.2 Å². The summed E-state index contributed by atoms with van der Waals surface area (Å²) in [6, 6.07) is 1.85. The number of aryl methyl sites for hydroxylation is 1. The van der Waals surface area contributed by atoms with Crippen LogP contribution in [0.5, 0.6) is 0 Å². The predicted octanol–water partition coefficient (Wildman–Crippen LogP) is 2.26. The number of carbonyl (C=O) groups is 1. The van der Waals surface area contributed by atoms with Crippen molar-refractivity contribution in [3.05, 3.63) is 42.0 Å². The lowest BCUT2D eigenvalue weighted by Crippen LogP contribution is -2.35. The van der Waals surface area contributed by atoms with Crippen molar-refractivity contribution < 1.29 is 9.53 Å². The molecule has 7 heteroatoms. The maximum atomic E-state index is 12.7. The van der Waals surface area contributed by atoms with Crippen LogP contribution in [0.2, 0.25) is 0 Å². The molecule has 0 aromatic carbocycles. The van der Waals surface area contributed by atoms with E-state index in [9.17, 15) is 4.79 Å². The van der Waals surface area contributed by atoms with E-state index in [0.29, 0.717) is 12.1 Å². The number of carbonyl (C=O) groups excluding carboxylic acids is 1. The summed E-state index contributed by atoms with van der Waals surface area (Å²) in [7, 11) is 3.84. The van der Waals surface area contributed by atoms with Gasteiger partial charge in [0.2, 0.25) is 0 Å². The molecule has 26 heavy (non-hydrogen) atoms.